The van der Waals surface area contributed by atoms with Crippen molar-refractivity contribution >= 4 is 108 Å². The third-order valence-electron chi connectivity index (χ3n) is 6.98. The Balaban J connectivity index is 0.000000177. The lowest BCUT2D eigenvalue weighted by molar-refractivity contribution is 0.0815. The molecule has 1 aliphatic rings. The van der Waals surface area contributed by atoms with Crippen molar-refractivity contribution < 1.29 is 9.59 Å². The maximum absolute atomic E-state index is 12.0. The van der Waals surface area contributed by atoms with Crippen LogP contribution in [0.4, 0.5) is 0 Å². The number of aryl methyl sites for hydroxylation is 1. The summed E-state index contributed by atoms with van der Waals surface area (Å²) in [6.45, 7) is 4.43. The molecule has 0 aliphatic heterocycles. The van der Waals surface area contributed by atoms with Crippen molar-refractivity contribution in [3.8, 4) is 11.1 Å². The number of nitrogens with zero attached hydrogens (tertiary/aromatic N) is 2. The van der Waals surface area contributed by atoms with Crippen LogP contribution in [0.1, 0.15) is 40.8 Å². The van der Waals surface area contributed by atoms with Gasteiger partial charge in [0.05, 0.1) is 16.7 Å². The molecule has 1 heterocycles. The molecule has 6 aromatic rings. The molecular formula is C35H30Br4N4O2. The number of rotatable bonds is 1. The van der Waals surface area contributed by atoms with E-state index in [0.29, 0.717) is 17.7 Å². The third-order valence-corrected chi connectivity index (χ3v) is 8.95. The van der Waals surface area contributed by atoms with E-state index in [9.17, 15) is 9.59 Å². The summed E-state index contributed by atoms with van der Waals surface area (Å²) in [7, 11) is 0. The Kier molecular flexibility index (Phi) is 11.4. The van der Waals surface area contributed by atoms with E-state index in [1.165, 1.54) is 10.8 Å². The second-order valence-electron chi connectivity index (χ2n) is 10.3. The van der Waals surface area contributed by atoms with Crippen LogP contribution in [-0.4, -0.2) is 34.1 Å². The molecule has 10 heteroatoms. The summed E-state index contributed by atoms with van der Waals surface area (Å²) in [5.41, 5.74) is 15.6. The lowest BCUT2D eigenvalue weighted by atomic mass is 9.84. The average Bonchev–Trinajstić information content (AvgIpc) is 3.00. The number of aromatic nitrogens is 2. The fraction of sp³-hybridized carbons (Fsp3) is 0.143. The largest absolute Gasteiger partial charge is 0.329 e. The number of carbonyl (C=O) groups excluding carboxylic acids is 2. The number of halogens is 4. The van der Waals surface area contributed by atoms with E-state index in [1.807, 2.05) is 38.2 Å². The van der Waals surface area contributed by atoms with E-state index >= 15 is 0 Å². The van der Waals surface area contributed by atoms with E-state index in [1.54, 1.807) is 24.3 Å². The number of ketones is 2. The van der Waals surface area contributed by atoms with Gasteiger partial charge >= 0.3 is 0 Å². The molecule has 0 saturated carbocycles. The minimum atomic E-state index is -0.438. The van der Waals surface area contributed by atoms with Crippen LogP contribution in [0, 0.1) is 6.92 Å². The zero-order valence-electron chi connectivity index (χ0n) is 23.7. The van der Waals surface area contributed by atoms with Gasteiger partial charge in [-0.3, -0.25) is 14.6 Å². The van der Waals surface area contributed by atoms with Gasteiger partial charge in [0.1, 0.15) is 0 Å². The third kappa shape index (κ3) is 7.42. The molecule has 0 amide bonds. The molecule has 4 N–H and O–H groups in total. The molecule has 1 unspecified atom stereocenters. The van der Waals surface area contributed by atoms with Gasteiger partial charge in [0.25, 0.3) is 0 Å². The Morgan fingerprint density at radius 3 is 1.49 bits per heavy atom. The summed E-state index contributed by atoms with van der Waals surface area (Å²) < 4.78 is 3.90. The number of fused-ring (bicyclic) bond motifs is 9. The molecule has 0 fully saturated rings. The highest BCUT2D eigenvalue weighted by molar-refractivity contribution is 9.11. The molecular weight excluding hydrogens is 828 g/mol. The van der Waals surface area contributed by atoms with E-state index in [-0.39, 0.29) is 13.5 Å². The van der Waals surface area contributed by atoms with Crippen LogP contribution in [0.2, 0.25) is 0 Å². The number of benzene rings is 5. The maximum atomic E-state index is 12.0. The van der Waals surface area contributed by atoms with Gasteiger partial charge in [0.2, 0.25) is 11.6 Å². The summed E-state index contributed by atoms with van der Waals surface area (Å²) >= 11 is 13.9. The zero-order chi connectivity index (χ0) is 31.7. The molecule has 1 aromatic heterocycles. The second-order valence-corrected chi connectivity index (χ2v) is 14.0. The van der Waals surface area contributed by atoms with Crippen molar-refractivity contribution in [3.05, 3.63) is 114 Å². The van der Waals surface area contributed by atoms with Gasteiger partial charge in [-0.1, -0.05) is 83.3 Å². The van der Waals surface area contributed by atoms with Crippen LogP contribution < -0.4 is 11.5 Å². The Morgan fingerprint density at radius 1 is 0.644 bits per heavy atom. The Labute approximate surface area is 295 Å². The van der Waals surface area contributed by atoms with Crippen LogP contribution in [0.3, 0.4) is 0 Å². The van der Waals surface area contributed by atoms with Crippen molar-refractivity contribution in [2.24, 2.45) is 11.5 Å². The number of carbonyl (C=O) groups is 2. The Morgan fingerprint density at radius 2 is 1.04 bits per heavy atom. The van der Waals surface area contributed by atoms with E-state index in [2.05, 4.69) is 99.0 Å². The molecule has 230 valence electrons. The summed E-state index contributed by atoms with van der Waals surface area (Å²) in [6, 6.07) is 23.4. The van der Waals surface area contributed by atoms with Gasteiger partial charge in [0, 0.05) is 58.6 Å². The minimum Gasteiger partial charge on any atom is -0.329 e. The Hall–Kier alpha value is -2.86. The molecule has 7 rings (SSSR count). The number of hydrogen-bond acceptors (Lipinski definition) is 6. The SMILES string of the molecule is C.CC(N)CN.Cc1cnc2c3ccc(Br)cc3c3cc(Br)ccc3c2n1.O=C1C(=O)c2ccc(Br)cc2-c2cc(Br)ccc21. The lowest BCUT2D eigenvalue weighted by Crippen LogP contribution is -2.25. The molecule has 45 heavy (non-hydrogen) atoms. The van der Waals surface area contributed by atoms with Crippen molar-refractivity contribution in [1.82, 2.24) is 9.97 Å². The molecule has 0 saturated heterocycles. The zero-order valence-corrected chi connectivity index (χ0v) is 30.0. The summed E-state index contributed by atoms with van der Waals surface area (Å²) in [5.74, 6) is -0.875. The van der Waals surface area contributed by atoms with E-state index in [0.717, 1.165) is 56.5 Å². The molecule has 0 radical (unpaired) electrons. The lowest BCUT2D eigenvalue weighted by Gasteiger charge is -2.18. The quantitative estimate of drug-likeness (QED) is 0.126. The first-order chi connectivity index (χ1) is 21.0. The molecule has 0 bridgehead atoms. The van der Waals surface area contributed by atoms with Crippen molar-refractivity contribution in [1.29, 1.82) is 0 Å². The first-order valence-corrected chi connectivity index (χ1v) is 16.7. The van der Waals surface area contributed by atoms with Gasteiger partial charge in [-0.15, -0.1) is 0 Å². The van der Waals surface area contributed by atoms with Crippen LogP contribution >= 0.6 is 63.7 Å². The van der Waals surface area contributed by atoms with Gasteiger partial charge in [-0.25, -0.2) is 4.98 Å². The summed E-state index contributed by atoms with van der Waals surface area (Å²) in [4.78, 5) is 33.3. The van der Waals surface area contributed by atoms with E-state index < -0.39 is 11.6 Å². The molecule has 1 atom stereocenters. The monoisotopic (exact) mass is 854 g/mol. The fourth-order valence-electron chi connectivity index (χ4n) is 4.87. The molecule has 6 nitrogen and oxygen atoms in total. The standard InChI is InChI=1S/C17H10Br2N2.C14H6Br2O2.C3H10N2.CH4/c1-9-8-20-16-12-4-2-10(18)6-14(12)15-7-11(19)3-5-13(15)17(16)21-9;15-7-1-3-9-11(5-7)12-6-8(16)2-4-10(12)14(18)13(9)17;1-3(5)2-4;/h2-8H,1H3;1-6H;3H,2,4-5H2,1H3;1H4. The Bertz CT molecular complexity index is 2040. The highest BCUT2D eigenvalue weighted by atomic mass is 79.9. The van der Waals surface area contributed by atoms with E-state index in [4.69, 9.17) is 16.5 Å². The van der Waals surface area contributed by atoms with Crippen LogP contribution in [0.5, 0.6) is 0 Å². The fourth-order valence-corrected chi connectivity index (χ4v) is 6.32. The highest BCUT2D eigenvalue weighted by Gasteiger charge is 2.30. The first-order valence-electron chi connectivity index (χ1n) is 13.6. The van der Waals surface area contributed by atoms with Gasteiger partial charge in [-0.05, 0) is 96.4 Å². The predicted molar refractivity (Wildman–Crippen MR) is 200 cm³/mol. The smallest absolute Gasteiger partial charge is 0.234 e. The normalized spacial score (nSPS) is 12.4. The van der Waals surface area contributed by atoms with Gasteiger partial charge in [-0.2, -0.15) is 0 Å². The summed E-state index contributed by atoms with van der Waals surface area (Å²) in [5, 5.41) is 4.64. The van der Waals surface area contributed by atoms with Crippen LogP contribution in [-0.2, 0) is 0 Å². The van der Waals surface area contributed by atoms with Gasteiger partial charge in [0.15, 0.2) is 0 Å². The number of Topliss-reactive ketones (excluding diaryl/α,β-unsaturated/α-hetero) is 2. The topological polar surface area (TPSA) is 112 Å². The predicted octanol–water partition coefficient (Wildman–Crippen LogP) is 9.96. The van der Waals surface area contributed by atoms with Gasteiger partial charge < -0.3 is 11.5 Å². The van der Waals surface area contributed by atoms with Crippen LogP contribution in [0.25, 0.3) is 43.7 Å². The van der Waals surface area contributed by atoms with Crippen molar-refractivity contribution in [3.63, 3.8) is 0 Å². The average molecular weight is 858 g/mol. The van der Waals surface area contributed by atoms with Crippen molar-refractivity contribution in [2.45, 2.75) is 27.3 Å². The minimum absolute atomic E-state index is 0. The molecule has 0 spiro atoms. The number of hydrogen-bond donors (Lipinski definition) is 2. The number of nitrogens with two attached hydrogens (primary N) is 2. The highest BCUT2D eigenvalue weighted by Crippen LogP contribution is 2.37. The molecule has 5 aromatic carbocycles. The van der Waals surface area contributed by atoms with Crippen LogP contribution in [0.15, 0.2) is 96.9 Å². The van der Waals surface area contributed by atoms with Crippen molar-refractivity contribution in [2.75, 3.05) is 6.54 Å². The second kappa shape index (κ2) is 14.7. The first kappa shape index (κ1) is 35.0. The summed E-state index contributed by atoms with van der Waals surface area (Å²) in [6.07, 6.45) is 1.83. The molecule has 1 aliphatic carbocycles. The maximum Gasteiger partial charge on any atom is 0.234 e.